The maximum atomic E-state index is 5.34. The largest absolute Gasteiger partial charge is 0.379 e. The molecule has 0 bridgehead atoms. The maximum absolute atomic E-state index is 5.34. The lowest BCUT2D eigenvalue weighted by atomic mass is 10.2. The number of aromatic nitrogens is 2. The molecule has 0 saturated carbocycles. The number of anilines is 1. The lowest BCUT2D eigenvalue weighted by Crippen LogP contribution is -2.37. The van der Waals surface area contributed by atoms with Crippen LogP contribution in [0, 0.1) is 0 Å². The molecule has 0 atom stereocenters. The fourth-order valence-electron chi connectivity index (χ4n) is 2.10. The third-order valence-corrected chi connectivity index (χ3v) is 3.22. The Labute approximate surface area is 109 Å². The molecular formula is C13H22N4O. The highest BCUT2D eigenvalue weighted by molar-refractivity contribution is 5.25. The molecule has 0 spiro atoms. The average Bonchev–Trinajstić information content (AvgIpc) is 2.45. The summed E-state index contributed by atoms with van der Waals surface area (Å²) < 4.78 is 5.34. The molecule has 0 radical (unpaired) electrons. The number of rotatable bonds is 6. The number of ether oxygens (including phenoxy) is 1. The average molecular weight is 250 g/mol. The molecule has 0 aliphatic carbocycles. The normalized spacial score (nSPS) is 16.7. The van der Waals surface area contributed by atoms with E-state index in [-0.39, 0.29) is 0 Å². The summed E-state index contributed by atoms with van der Waals surface area (Å²) in [5.74, 6) is 0.809. The Balaban J connectivity index is 1.60. The van der Waals surface area contributed by atoms with Crippen molar-refractivity contribution in [1.82, 2.24) is 14.9 Å². The summed E-state index contributed by atoms with van der Waals surface area (Å²) in [6, 6.07) is 1.84. The molecule has 1 fully saturated rings. The first-order chi connectivity index (χ1) is 8.86. The van der Waals surface area contributed by atoms with E-state index in [0.29, 0.717) is 0 Å². The predicted molar refractivity (Wildman–Crippen MR) is 71.8 cm³/mol. The standard InChI is InChI=1S/C13H22N4O/c1-16(13-14-5-4-6-15-13)7-2-3-8-17-9-11-18-12-10-17/h4-6H,2-3,7-12H2,1H3. The second-order valence-electron chi connectivity index (χ2n) is 4.63. The number of unbranched alkanes of at least 4 members (excludes halogenated alkanes) is 1. The van der Waals surface area contributed by atoms with Gasteiger partial charge in [-0.2, -0.15) is 0 Å². The zero-order chi connectivity index (χ0) is 12.6. The minimum atomic E-state index is 0.809. The Bertz CT molecular complexity index is 327. The van der Waals surface area contributed by atoms with Crippen molar-refractivity contribution < 1.29 is 4.74 Å². The molecule has 0 aromatic carbocycles. The van der Waals surface area contributed by atoms with E-state index in [4.69, 9.17) is 4.74 Å². The topological polar surface area (TPSA) is 41.5 Å². The summed E-state index contributed by atoms with van der Waals surface area (Å²) in [7, 11) is 2.05. The first-order valence-electron chi connectivity index (χ1n) is 6.64. The van der Waals surface area contributed by atoms with Gasteiger partial charge in [-0.1, -0.05) is 0 Å². The lowest BCUT2D eigenvalue weighted by molar-refractivity contribution is 0.0372. The van der Waals surface area contributed by atoms with Crippen LogP contribution in [0.1, 0.15) is 12.8 Å². The SMILES string of the molecule is CN(CCCCN1CCOCC1)c1ncccn1. The van der Waals surface area contributed by atoms with E-state index in [0.717, 1.165) is 38.8 Å². The fraction of sp³-hybridized carbons (Fsp3) is 0.692. The molecular weight excluding hydrogens is 228 g/mol. The molecule has 1 saturated heterocycles. The van der Waals surface area contributed by atoms with E-state index < -0.39 is 0 Å². The van der Waals surface area contributed by atoms with Gasteiger partial charge in [-0.05, 0) is 25.5 Å². The van der Waals surface area contributed by atoms with Crippen LogP contribution in [-0.2, 0) is 4.74 Å². The van der Waals surface area contributed by atoms with Gasteiger partial charge in [0.2, 0.25) is 5.95 Å². The molecule has 100 valence electrons. The molecule has 18 heavy (non-hydrogen) atoms. The quantitative estimate of drug-likeness (QED) is 0.705. The highest BCUT2D eigenvalue weighted by Crippen LogP contribution is 2.05. The Morgan fingerprint density at radius 2 is 1.94 bits per heavy atom. The summed E-state index contributed by atoms with van der Waals surface area (Å²) in [5.41, 5.74) is 0. The number of nitrogens with zero attached hydrogens (tertiary/aromatic N) is 4. The minimum Gasteiger partial charge on any atom is -0.379 e. The predicted octanol–water partition coefficient (Wildman–Crippen LogP) is 1.03. The van der Waals surface area contributed by atoms with Crippen molar-refractivity contribution in [1.29, 1.82) is 0 Å². The maximum Gasteiger partial charge on any atom is 0.224 e. The Kier molecular flexibility index (Phi) is 5.36. The molecule has 5 nitrogen and oxygen atoms in total. The van der Waals surface area contributed by atoms with Crippen LogP contribution in [0.4, 0.5) is 5.95 Å². The van der Waals surface area contributed by atoms with Crippen molar-refractivity contribution in [2.45, 2.75) is 12.8 Å². The molecule has 0 amide bonds. The van der Waals surface area contributed by atoms with E-state index in [9.17, 15) is 0 Å². The Morgan fingerprint density at radius 1 is 1.22 bits per heavy atom. The highest BCUT2D eigenvalue weighted by Gasteiger charge is 2.09. The smallest absolute Gasteiger partial charge is 0.224 e. The van der Waals surface area contributed by atoms with Crippen molar-refractivity contribution in [2.24, 2.45) is 0 Å². The van der Waals surface area contributed by atoms with Gasteiger partial charge < -0.3 is 9.64 Å². The van der Waals surface area contributed by atoms with Crippen LogP contribution in [0.3, 0.4) is 0 Å². The monoisotopic (exact) mass is 250 g/mol. The number of hydrogen-bond acceptors (Lipinski definition) is 5. The van der Waals surface area contributed by atoms with Crippen molar-refractivity contribution in [3.8, 4) is 0 Å². The van der Waals surface area contributed by atoms with Crippen LogP contribution in [-0.4, -0.2) is 61.3 Å². The van der Waals surface area contributed by atoms with Gasteiger partial charge in [-0.3, -0.25) is 4.90 Å². The second-order valence-corrected chi connectivity index (χ2v) is 4.63. The van der Waals surface area contributed by atoms with Crippen LogP contribution in [0.5, 0.6) is 0 Å². The van der Waals surface area contributed by atoms with Crippen LogP contribution >= 0.6 is 0 Å². The minimum absolute atomic E-state index is 0.809. The third kappa shape index (κ3) is 4.23. The van der Waals surface area contributed by atoms with Crippen molar-refractivity contribution >= 4 is 5.95 Å². The van der Waals surface area contributed by atoms with E-state index in [1.54, 1.807) is 12.4 Å². The lowest BCUT2D eigenvalue weighted by Gasteiger charge is -2.26. The molecule has 1 aliphatic rings. The van der Waals surface area contributed by atoms with E-state index in [1.807, 2.05) is 13.1 Å². The van der Waals surface area contributed by atoms with Crippen molar-refractivity contribution in [2.75, 3.05) is 51.3 Å². The van der Waals surface area contributed by atoms with Crippen molar-refractivity contribution in [3.63, 3.8) is 0 Å². The fourth-order valence-corrected chi connectivity index (χ4v) is 2.10. The Hall–Kier alpha value is -1.20. The molecule has 2 rings (SSSR count). The summed E-state index contributed by atoms with van der Waals surface area (Å²) >= 11 is 0. The van der Waals surface area contributed by atoms with Gasteiger partial charge in [0.1, 0.15) is 0 Å². The highest BCUT2D eigenvalue weighted by atomic mass is 16.5. The third-order valence-electron chi connectivity index (χ3n) is 3.22. The van der Waals surface area contributed by atoms with Gasteiger partial charge in [-0.25, -0.2) is 9.97 Å². The van der Waals surface area contributed by atoms with E-state index in [2.05, 4.69) is 19.8 Å². The van der Waals surface area contributed by atoms with Gasteiger partial charge in [-0.15, -0.1) is 0 Å². The van der Waals surface area contributed by atoms with E-state index >= 15 is 0 Å². The van der Waals surface area contributed by atoms with Crippen LogP contribution in [0.25, 0.3) is 0 Å². The zero-order valence-corrected chi connectivity index (χ0v) is 11.1. The Morgan fingerprint density at radius 3 is 2.67 bits per heavy atom. The van der Waals surface area contributed by atoms with Crippen LogP contribution < -0.4 is 4.90 Å². The molecule has 1 aromatic heterocycles. The van der Waals surface area contributed by atoms with Crippen LogP contribution in [0.2, 0.25) is 0 Å². The molecule has 0 unspecified atom stereocenters. The van der Waals surface area contributed by atoms with Gasteiger partial charge in [0.25, 0.3) is 0 Å². The van der Waals surface area contributed by atoms with Gasteiger partial charge in [0.05, 0.1) is 13.2 Å². The summed E-state index contributed by atoms with van der Waals surface area (Å²) in [4.78, 5) is 13.1. The second kappa shape index (κ2) is 7.28. The summed E-state index contributed by atoms with van der Waals surface area (Å²) in [5, 5.41) is 0. The molecule has 2 heterocycles. The summed E-state index contributed by atoms with van der Waals surface area (Å²) in [6.07, 6.45) is 5.96. The van der Waals surface area contributed by atoms with Gasteiger partial charge in [0, 0.05) is 39.1 Å². The van der Waals surface area contributed by atoms with Crippen LogP contribution in [0.15, 0.2) is 18.5 Å². The first kappa shape index (κ1) is 13.2. The molecule has 1 aliphatic heterocycles. The molecule has 5 heteroatoms. The van der Waals surface area contributed by atoms with Gasteiger partial charge >= 0.3 is 0 Å². The zero-order valence-electron chi connectivity index (χ0n) is 11.1. The summed E-state index contributed by atoms with van der Waals surface area (Å²) in [6.45, 7) is 6.12. The van der Waals surface area contributed by atoms with E-state index in [1.165, 1.54) is 19.4 Å². The number of morpholine rings is 1. The molecule has 0 N–H and O–H groups in total. The van der Waals surface area contributed by atoms with Gasteiger partial charge in [0.15, 0.2) is 0 Å². The molecule has 1 aromatic rings. The first-order valence-corrected chi connectivity index (χ1v) is 6.64. The number of hydrogen-bond donors (Lipinski definition) is 0. The van der Waals surface area contributed by atoms with Crippen molar-refractivity contribution in [3.05, 3.63) is 18.5 Å².